The predicted molar refractivity (Wildman–Crippen MR) is 58.9 cm³/mol. The van der Waals surface area contributed by atoms with Crippen molar-refractivity contribution in [2.45, 2.75) is 13.5 Å². The van der Waals surface area contributed by atoms with Gasteiger partial charge in [-0.05, 0) is 24.6 Å². The molecule has 4 nitrogen and oxygen atoms in total. The highest BCUT2D eigenvalue weighted by molar-refractivity contribution is 5.46. The highest BCUT2D eigenvalue weighted by Crippen LogP contribution is 2.14. The van der Waals surface area contributed by atoms with Gasteiger partial charge in [0, 0.05) is 11.9 Å². The molecule has 0 saturated carbocycles. The van der Waals surface area contributed by atoms with E-state index in [4.69, 9.17) is 10.4 Å². The van der Waals surface area contributed by atoms with Crippen LogP contribution < -0.4 is 0 Å². The number of aryl methyl sites for hydroxylation is 1. The van der Waals surface area contributed by atoms with Crippen LogP contribution in [-0.2, 0) is 6.61 Å². The maximum absolute atomic E-state index is 8.93. The summed E-state index contributed by atoms with van der Waals surface area (Å²) in [6.07, 6.45) is 3.36. The zero-order valence-corrected chi connectivity index (χ0v) is 8.88. The first-order valence-electron chi connectivity index (χ1n) is 4.89. The van der Waals surface area contributed by atoms with Crippen molar-refractivity contribution in [1.82, 2.24) is 9.55 Å². The van der Waals surface area contributed by atoms with Gasteiger partial charge in [-0.15, -0.1) is 0 Å². The number of nitrogens with zero attached hydrogens (tertiary/aromatic N) is 3. The molecule has 0 unspecified atom stereocenters. The van der Waals surface area contributed by atoms with Crippen LogP contribution >= 0.6 is 0 Å². The molecule has 0 saturated heterocycles. The molecule has 0 aliphatic carbocycles. The van der Waals surface area contributed by atoms with E-state index in [1.165, 1.54) is 0 Å². The van der Waals surface area contributed by atoms with E-state index >= 15 is 0 Å². The molecule has 0 aliphatic rings. The summed E-state index contributed by atoms with van der Waals surface area (Å²) in [5.41, 5.74) is 3.08. The molecule has 1 aromatic carbocycles. The average Bonchev–Trinajstić information content (AvgIpc) is 2.78. The molecule has 1 heterocycles. The fourth-order valence-corrected chi connectivity index (χ4v) is 1.48. The molecule has 1 N–H and O–H groups in total. The molecule has 0 spiro atoms. The first kappa shape index (κ1) is 10.4. The lowest BCUT2D eigenvalue weighted by Crippen LogP contribution is -1.92. The predicted octanol–water partition coefficient (Wildman–Crippen LogP) is 1.54. The summed E-state index contributed by atoms with van der Waals surface area (Å²) in [6.45, 7) is 1.82. The number of aromatic nitrogens is 2. The maximum atomic E-state index is 8.93. The van der Waals surface area contributed by atoms with Crippen LogP contribution in [-0.4, -0.2) is 14.7 Å². The molecule has 1 aromatic heterocycles. The van der Waals surface area contributed by atoms with Crippen molar-refractivity contribution >= 4 is 0 Å². The third kappa shape index (κ3) is 1.81. The quantitative estimate of drug-likeness (QED) is 0.823. The van der Waals surface area contributed by atoms with E-state index < -0.39 is 0 Å². The second kappa shape index (κ2) is 4.17. The van der Waals surface area contributed by atoms with E-state index in [2.05, 4.69) is 11.1 Å². The fraction of sp³-hybridized carbons (Fsp3) is 0.167. The zero-order valence-electron chi connectivity index (χ0n) is 8.88. The van der Waals surface area contributed by atoms with Crippen molar-refractivity contribution in [3.63, 3.8) is 0 Å². The molecule has 80 valence electrons. The first-order valence-corrected chi connectivity index (χ1v) is 4.89. The van der Waals surface area contributed by atoms with Gasteiger partial charge in [0.15, 0.2) is 0 Å². The van der Waals surface area contributed by atoms with Crippen LogP contribution in [0.1, 0.15) is 16.8 Å². The number of benzene rings is 1. The number of aliphatic hydroxyl groups excluding tert-OH is 1. The lowest BCUT2D eigenvalue weighted by atomic mass is 10.1. The first-order chi connectivity index (χ1) is 7.74. The highest BCUT2D eigenvalue weighted by atomic mass is 16.3. The van der Waals surface area contributed by atoms with Crippen LogP contribution in [0.2, 0.25) is 0 Å². The van der Waals surface area contributed by atoms with Gasteiger partial charge in [-0.3, -0.25) is 0 Å². The van der Waals surface area contributed by atoms with Gasteiger partial charge in [0.2, 0.25) is 0 Å². The van der Waals surface area contributed by atoms with Crippen LogP contribution in [0.25, 0.3) is 5.69 Å². The molecule has 16 heavy (non-hydrogen) atoms. The molecule has 4 heteroatoms. The van der Waals surface area contributed by atoms with Crippen LogP contribution in [0.5, 0.6) is 0 Å². The van der Waals surface area contributed by atoms with Gasteiger partial charge in [0.05, 0.1) is 30.3 Å². The standard InChI is InChI=1S/C12H11N3O/c1-9-2-3-12(4-10(9)5-13)15-6-11(7-16)14-8-15/h2-4,6,8,16H,7H2,1H3. The fourth-order valence-electron chi connectivity index (χ4n) is 1.48. The number of hydrogen-bond acceptors (Lipinski definition) is 3. The van der Waals surface area contributed by atoms with Crippen LogP contribution in [0.15, 0.2) is 30.7 Å². The van der Waals surface area contributed by atoms with E-state index in [9.17, 15) is 0 Å². The Morgan fingerprint density at radius 1 is 1.50 bits per heavy atom. The van der Waals surface area contributed by atoms with Crippen LogP contribution in [0, 0.1) is 18.3 Å². The Labute approximate surface area is 93.4 Å². The molecular weight excluding hydrogens is 202 g/mol. The Kier molecular flexibility index (Phi) is 2.71. The van der Waals surface area contributed by atoms with E-state index in [1.54, 1.807) is 23.2 Å². The van der Waals surface area contributed by atoms with Crippen LogP contribution in [0.3, 0.4) is 0 Å². The van der Waals surface area contributed by atoms with Crippen molar-refractivity contribution in [1.29, 1.82) is 5.26 Å². The molecule has 0 aliphatic heterocycles. The third-order valence-electron chi connectivity index (χ3n) is 2.44. The van der Waals surface area contributed by atoms with Gasteiger partial charge in [0.1, 0.15) is 0 Å². The summed E-state index contributed by atoms with van der Waals surface area (Å²) in [7, 11) is 0. The SMILES string of the molecule is Cc1ccc(-n2cnc(CO)c2)cc1C#N. The summed E-state index contributed by atoms with van der Waals surface area (Å²) in [4.78, 5) is 4.02. The summed E-state index contributed by atoms with van der Waals surface area (Å²) in [5, 5.41) is 17.8. The smallest absolute Gasteiger partial charge is 0.0996 e. The number of aliphatic hydroxyl groups is 1. The Morgan fingerprint density at radius 3 is 2.94 bits per heavy atom. The largest absolute Gasteiger partial charge is 0.390 e. The topological polar surface area (TPSA) is 61.8 Å². The minimum atomic E-state index is -0.0794. The van der Waals surface area contributed by atoms with Crippen molar-refractivity contribution < 1.29 is 5.11 Å². The third-order valence-corrected chi connectivity index (χ3v) is 2.44. The monoisotopic (exact) mass is 213 g/mol. The van der Waals surface area contributed by atoms with Gasteiger partial charge in [-0.2, -0.15) is 5.26 Å². The van der Waals surface area contributed by atoms with E-state index in [0.29, 0.717) is 11.3 Å². The van der Waals surface area contributed by atoms with Crippen molar-refractivity contribution in [3.05, 3.63) is 47.5 Å². The molecule has 2 aromatic rings. The Balaban J connectivity index is 2.45. The second-order valence-electron chi connectivity index (χ2n) is 3.54. The van der Waals surface area contributed by atoms with Gasteiger partial charge in [-0.25, -0.2) is 4.98 Å². The average molecular weight is 213 g/mol. The maximum Gasteiger partial charge on any atom is 0.0996 e. The van der Waals surface area contributed by atoms with E-state index in [-0.39, 0.29) is 6.61 Å². The van der Waals surface area contributed by atoms with E-state index in [1.807, 2.05) is 19.1 Å². The molecule has 2 rings (SSSR count). The Bertz CT molecular complexity index is 552. The highest BCUT2D eigenvalue weighted by Gasteiger charge is 2.03. The molecule has 0 bridgehead atoms. The number of nitriles is 1. The normalized spacial score (nSPS) is 10.1. The summed E-state index contributed by atoms with van der Waals surface area (Å²) >= 11 is 0. The lowest BCUT2D eigenvalue weighted by Gasteiger charge is -2.03. The van der Waals surface area contributed by atoms with Crippen molar-refractivity contribution in [2.75, 3.05) is 0 Å². The second-order valence-corrected chi connectivity index (χ2v) is 3.54. The van der Waals surface area contributed by atoms with E-state index in [0.717, 1.165) is 11.3 Å². The molecule has 0 amide bonds. The van der Waals surface area contributed by atoms with Gasteiger partial charge >= 0.3 is 0 Å². The number of hydrogen-bond donors (Lipinski definition) is 1. The summed E-state index contributed by atoms with van der Waals surface area (Å²) in [5.74, 6) is 0. The van der Waals surface area contributed by atoms with Gasteiger partial charge in [-0.1, -0.05) is 6.07 Å². The molecule has 0 atom stereocenters. The summed E-state index contributed by atoms with van der Waals surface area (Å²) in [6, 6.07) is 7.76. The Hall–Kier alpha value is -2.12. The van der Waals surface area contributed by atoms with Gasteiger partial charge in [0.25, 0.3) is 0 Å². The minimum absolute atomic E-state index is 0.0794. The lowest BCUT2D eigenvalue weighted by molar-refractivity contribution is 0.277. The molecule has 0 fully saturated rings. The number of rotatable bonds is 2. The van der Waals surface area contributed by atoms with Crippen molar-refractivity contribution in [2.24, 2.45) is 0 Å². The summed E-state index contributed by atoms with van der Waals surface area (Å²) < 4.78 is 1.78. The molecular formula is C12H11N3O. The number of imidazole rings is 1. The Morgan fingerprint density at radius 2 is 2.31 bits per heavy atom. The molecule has 0 radical (unpaired) electrons. The zero-order chi connectivity index (χ0) is 11.5. The minimum Gasteiger partial charge on any atom is -0.390 e. The van der Waals surface area contributed by atoms with Crippen LogP contribution in [0.4, 0.5) is 0 Å². The van der Waals surface area contributed by atoms with Gasteiger partial charge < -0.3 is 9.67 Å². The van der Waals surface area contributed by atoms with Crippen molar-refractivity contribution in [3.8, 4) is 11.8 Å².